The molecular weight excluding hydrogens is 402 g/mol. The summed E-state index contributed by atoms with van der Waals surface area (Å²) in [6.45, 7) is 2.86. The minimum absolute atomic E-state index is 0.200. The van der Waals surface area contributed by atoms with Gasteiger partial charge in [0.1, 0.15) is 0 Å². The van der Waals surface area contributed by atoms with Gasteiger partial charge in [-0.25, -0.2) is 9.89 Å². The summed E-state index contributed by atoms with van der Waals surface area (Å²) in [5, 5.41) is 6.91. The highest BCUT2D eigenvalue weighted by Gasteiger charge is 2.36. The third kappa shape index (κ3) is 3.47. The third-order valence-corrected chi connectivity index (χ3v) is 6.84. The molecule has 3 aliphatic rings. The summed E-state index contributed by atoms with van der Waals surface area (Å²) < 4.78 is 1.72. The number of hydrogen-bond acceptors (Lipinski definition) is 4. The van der Waals surface area contributed by atoms with E-state index < -0.39 is 0 Å². The molecule has 1 saturated heterocycles. The zero-order chi connectivity index (χ0) is 21.7. The number of amides is 1. The van der Waals surface area contributed by atoms with E-state index in [2.05, 4.69) is 45.5 Å². The first-order valence-electron chi connectivity index (χ1n) is 11.3. The Morgan fingerprint density at radius 3 is 2.62 bits per heavy atom. The number of H-pyrrole nitrogens is 1. The van der Waals surface area contributed by atoms with E-state index in [1.165, 1.54) is 11.1 Å². The maximum atomic E-state index is 12.5. The average molecular weight is 428 g/mol. The molecule has 1 amide bonds. The first-order chi connectivity index (χ1) is 15.7. The molecule has 1 saturated carbocycles. The molecule has 0 radical (unpaired) electrons. The molecule has 3 heterocycles. The van der Waals surface area contributed by atoms with E-state index in [9.17, 15) is 9.59 Å². The summed E-state index contributed by atoms with van der Waals surface area (Å²) in [6.07, 6.45) is 4.91. The van der Waals surface area contributed by atoms with Crippen LogP contribution >= 0.6 is 0 Å². The van der Waals surface area contributed by atoms with Crippen LogP contribution in [0.5, 0.6) is 0 Å². The van der Waals surface area contributed by atoms with Crippen molar-refractivity contribution in [3.8, 4) is 22.5 Å². The zero-order valence-electron chi connectivity index (χ0n) is 17.8. The fraction of sp³-hybridized carbons (Fsp3) is 0.360. The lowest BCUT2D eigenvalue weighted by atomic mass is 9.99. The minimum Gasteiger partial charge on any atom is -0.342 e. The van der Waals surface area contributed by atoms with Gasteiger partial charge in [0.25, 0.3) is 0 Å². The molecule has 1 atom stereocenters. The Labute approximate surface area is 185 Å². The second-order valence-corrected chi connectivity index (χ2v) is 9.14. The number of likely N-dealkylation sites (tertiary alicyclic amines) is 1. The Bertz CT molecular complexity index is 1270. The molecule has 32 heavy (non-hydrogen) atoms. The molecule has 2 aromatic carbocycles. The van der Waals surface area contributed by atoms with Crippen LogP contribution in [-0.4, -0.2) is 44.9 Å². The zero-order valence-corrected chi connectivity index (χ0v) is 17.8. The van der Waals surface area contributed by atoms with Gasteiger partial charge >= 0.3 is 5.69 Å². The fourth-order valence-corrected chi connectivity index (χ4v) is 4.83. The summed E-state index contributed by atoms with van der Waals surface area (Å²) >= 11 is 0. The molecule has 2 aliphatic heterocycles. The van der Waals surface area contributed by atoms with Crippen LogP contribution in [0.2, 0.25) is 0 Å². The monoisotopic (exact) mass is 427 g/mol. The van der Waals surface area contributed by atoms with E-state index in [0.717, 1.165) is 55.6 Å². The number of rotatable bonds is 5. The predicted molar refractivity (Wildman–Crippen MR) is 122 cm³/mol. The van der Waals surface area contributed by atoms with E-state index in [0.29, 0.717) is 18.3 Å². The highest BCUT2D eigenvalue weighted by atomic mass is 16.2. The number of carbonyl (C=O) groups excluding carboxylic acids is 1. The van der Waals surface area contributed by atoms with Crippen LogP contribution in [-0.2, 0) is 17.9 Å². The number of aromatic nitrogens is 3. The molecule has 1 N–H and O–H groups in total. The summed E-state index contributed by atoms with van der Waals surface area (Å²) in [6, 6.07) is 14.6. The normalized spacial score (nSPS) is 19.5. The van der Waals surface area contributed by atoms with E-state index in [-0.39, 0.29) is 17.5 Å². The van der Waals surface area contributed by atoms with Crippen LogP contribution < -0.4 is 5.69 Å². The maximum absolute atomic E-state index is 12.5. The highest BCUT2D eigenvalue weighted by molar-refractivity contribution is 5.87. The minimum atomic E-state index is -0.200. The predicted octanol–water partition coefficient (Wildman–Crippen LogP) is 3.10. The number of benzene rings is 2. The van der Waals surface area contributed by atoms with Gasteiger partial charge in [0.05, 0.1) is 6.54 Å². The quantitative estimate of drug-likeness (QED) is 0.679. The van der Waals surface area contributed by atoms with Crippen molar-refractivity contribution in [1.82, 2.24) is 19.7 Å². The first kappa shape index (κ1) is 19.2. The Balaban J connectivity index is 1.21. The lowest BCUT2D eigenvalue weighted by molar-refractivity contribution is -0.131. The average Bonchev–Trinajstić information content (AvgIpc) is 3.21. The summed E-state index contributed by atoms with van der Waals surface area (Å²) in [7, 11) is 0. The molecule has 0 spiro atoms. The van der Waals surface area contributed by atoms with Crippen molar-refractivity contribution in [3.63, 3.8) is 0 Å². The molecule has 1 aliphatic carbocycles. The van der Waals surface area contributed by atoms with Gasteiger partial charge < -0.3 is 4.90 Å². The lowest BCUT2D eigenvalue weighted by Gasteiger charge is -2.16. The van der Waals surface area contributed by atoms with Gasteiger partial charge in [0, 0.05) is 37.3 Å². The SMILES string of the molecule is O=C(C1CC1)N1CC[C@@H](Cn2c(-c3ccc(-c4ccc5c(c4)C=NC5)cc3)n[nH]c2=O)C1. The van der Waals surface area contributed by atoms with Crippen molar-refractivity contribution in [2.45, 2.75) is 32.4 Å². The van der Waals surface area contributed by atoms with E-state index in [1.807, 2.05) is 23.2 Å². The van der Waals surface area contributed by atoms with Gasteiger partial charge in [0.15, 0.2) is 5.82 Å². The molecule has 6 rings (SSSR count). The van der Waals surface area contributed by atoms with Gasteiger partial charge in [-0.2, -0.15) is 5.10 Å². The van der Waals surface area contributed by atoms with Crippen molar-refractivity contribution in [3.05, 3.63) is 64.1 Å². The van der Waals surface area contributed by atoms with Gasteiger partial charge in [-0.3, -0.25) is 14.4 Å². The molecule has 1 aromatic heterocycles. The van der Waals surface area contributed by atoms with Crippen LogP contribution in [0, 0.1) is 11.8 Å². The lowest BCUT2D eigenvalue weighted by Crippen LogP contribution is -2.31. The summed E-state index contributed by atoms with van der Waals surface area (Å²) in [4.78, 5) is 31.1. The smallest absolute Gasteiger partial charge is 0.342 e. The number of nitrogens with zero attached hydrogens (tertiary/aromatic N) is 4. The van der Waals surface area contributed by atoms with Crippen molar-refractivity contribution in [1.29, 1.82) is 0 Å². The van der Waals surface area contributed by atoms with E-state index in [4.69, 9.17) is 0 Å². The molecule has 162 valence electrons. The van der Waals surface area contributed by atoms with Gasteiger partial charge in [-0.15, -0.1) is 0 Å². The van der Waals surface area contributed by atoms with Gasteiger partial charge in [0.2, 0.25) is 5.91 Å². The molecule has 0 unspecified atom stereocenters. The third-order valence-electron chi connectivity index (χ3n) is 6.84. The summed E-state index contributed by atoms with van der Waals surface area (Å²) in [5.41, 5.74) is 5.40. The van der Waals surface area contributed by atoms with E-state index >= 15 is 0 Å². The van der Waals surface area contributed by atoms with Crippen molar-refractivity contribution >= 4 is 12.1 Å². The Hall–Kier alpha value is -3.48. The Kier molecular flexibility index (Phi) is 4.56. The van der Waals surface area contributed by atoms with Crippen molar-refractivity contribution < 1.29 is 4.79 Å². The van der Waals surface area contributed by atoms with Crippen molar-refractivity contribution in [2.24, 2.45) is 16.8 Å². The molecular formula is C25H25N5O2. The molecule has 2 fully saturated rings. The molecule has 0 bridgehead atoms. The van der Waals surface area contributed by atoms with Crippen LogP contribution in [0.3, 0.4) is 0 Å². The van der Waals surface area contributed by atoms with Gasteiger partial charge in [-0.1, -0.05) is 36.4 Å². The number of carbonyl (C=O) groups is 1. The number of hydrogen-bond donors (Lipinski definition) is 1. The second-order valence-electron chi connectivity index (χ2n) is 9.14. The molecule has 7 nitrogen and oxygen atoms in total. The van der Waals surface area contributed by atoms with Crippen LogP contribution in [0.15, 0.2) is 52.3 Å². The number of aliphatic imine (C=N–C) groups is 1. The Morgan fingerprint density at radius 1 is 1.03 bits per heavy atom. The number of aromatic amines is 1. The number of fused-ring (bicyclic) bond motifs is 1. The maximum Gasteiger partial charge on any atom is 0.343 e. The largest absolute Gasteiger partial charge is 0.343 e. The summed E-state index contributed by atoms with van der Waals surface area (Å²) in [5.74, 6) is 1.46. The first-order valence-corrected chi connectivity index (χ1v) is 11.3. The topological polar surface area (TPSA) is 83.3 Å². The fourth-order valence-electron chi connectivity index (χ4n) is 4.83. The van der Waals surface area contributed by atoms with Crippen LogP contribution in [0.25, 0.3) is 22.5 Å². The molecule has 3 aromatic rings. The highest BCUT2D eigenvalue weighted by Crippen LogP contribution is 2.33. The standard InChI is InChI=1S/C25H25N5O2/c31-24(19-5-6-19)29-10-9-16(14-29)15-30-23(27-28-25(30)32)18-3-1-17(2-4-18)20-7-8-21-12-26-13-22(21)11-20/h1-4,7-8,11,13,16,19H,5-6,9-10,12,14-15H2,(H,28,32)/t16-/m1/s1. The van der Waals surface area contributed by atoms with E-state index in [1.54, 1.807) is 4.57 Å². The second kappa shape index (κ2) is 7.58. The van der Waals surface area contributed by atoms with Gasteiger partial charge in [-0.05, 0) is 53.5 Å². The Morgan fingerprint density at radius 2 is 1.81 bits per heavy atom. The molecule has 7 heteroatoms. The number of nitrogens with one attached hydrogen (secondary N) is 1. The van der Waals surface area contributed by atoms with Crippen LogP contribution in [0.1, 0.15) is 30.4 Å². The van der Waals surface area contributed by atoms with Crippen LogP contribution in [0.4, 0.5) is 0 Å². The van der Waals surface area contributed by atoms with Crippen molar-refractivity contribution in [2.75, 3.05) is 13.1 Å².